The first-order valence-corrected chi connectivity index (χ1v) is 15.9. The Labute approximate surface area is 239 Å². The average Bonchev–Trinajstić information content (AvgIpc) is 3.32. The summed E-state index contributed by atoms with van der Waals surface area (Å²) in [6.07, 6.45) is 15.7. The highest BCUT2D eigenvalue weighted by Crippen LogP contribution is 2.29. The third-order valence-electron chi connectivity index (χ3n) is 6.99. The van der Waals surface area contributed by atoms with Crippen LogP contribution in [0.5, 0.6) is 5.75 Å². The van der Waals surface area contributed by atoms with E-state index in [2.05, 4.69) is 35.5 Å². The normalized spacial score (nSPS) is 13.0. The van der Waals surface area contributed by atoms with Gasteiger partial charge in [0.05, 0.1) is 18.2 Å². The van der Waals surface area contributed by atoms with Crippen molar-refractivity contribution in [1.29, 1.82) is 0 Å². The second-order valence-corrected chi connectivity index (χ2v) is 11.5. The Kier molecular flexibility index (Phi) is 14.0. The Morgan fingerprint density at radius 3 is 2.29 bits per heavy atom. The molecule has 1 aliphatic rings. The maximum Gasteiger partial charge on any atom is 0.255 e. The summed E-state index contributed by atoms with van der Waals surface area (Å²) in [5.74, 6) is 1.43. The number of ether oxygens (including phenoxy) is 1. The van der Waals surface area contributed by atoms with Crippen LogP contribution in [0.1, 0.15) is 107 Å². The van der Waals surface area contributed by atoms with Gasteiger partial charge in [-0.15, -0.1) is 11.8 Å². The smallest absolute Gasteiger partial charge is 0.255 e. The van der Waals surface area contributed by atoms with Crippen molar-refractivity contribution in [2.75, 3.05) is 17.8 Å². The standard InChI is InChI=1S/C32H45ClN2O2S/c1-3-4-5-6-7-8-9-10-11-12-13-14-20-37-31-22-29(33)18-19-30(31)34-32(36)28-17-15-16-27(21-28)23-35-25-38-24-26(35)2/h15-19,21-22,24H,3-14,20,23,25H2,1-2H3,(H,34,36). The van der Waals surface area contributed by atoms with Crippen LogP contribution >= 0.6 is 23.4 Å². The summed E-state index contributed by atoms with van der Waals surface area (Å²) in [4.78, 5) is 15.4. The van der Waals surface area contributed by atoms with E-state index >= 15 is 0 Å². The maximum atomic E-state index is 13.1. The van der Waals surface area contributed by atoms with E-state index < -0.39 is 0 Å². The lowest BCUT2D eigenvalue weighted by atomic mass is 10.1. The third-order valence-corrected chi connectivity index (χ3v) is 8.20. The molecule has 4 nitrogen and oxygen atoms in total. The van der Waals surface area contributed by atoms with Gasteiger partial charge in [-0.05, 0) is 48.6 Å². The second kappa shape index (κ2) is 17.5. The molecule has 0 radical (unpaired) electrons. The largest absolute Gasteiger partial charge is 0.491 e. The molecular formula is C32H45ClN2O2S. The summed E-state index contributed by atoms with van der Waals surface area (Å²) in [6.45, 7) is 5.81. The van der Waals surface area contributed by atoms with E-state index in [0.717, 1.165) is 30.8 Å². The van der Waals surface area contributed by atoms with Crippen molar-refractivity contribution >= 4 is 35.0 Å². The zero-order valence-electron chi connectivity index (χ0n) is 23.3. The Hall–Kier alpha value is -2.11. The molecule has 2 aromatic carbocycles. The molecule has 0 bridgehead atoms. The SMILES string of the molecule is CCCCCCCCCCCCCCOc1cc(Cl)ccc1NC(=O)c1cccc(CN2CSC=C2C)c1. The zero-order chi connectivity index (χ0) is 27.0. The second-order valence-electron chi connectivity index (χ2n) is 10.3. The van der Waals surface area contributed by atoms with Crippen molar-refractivity contribution in [2.45, 2.75) is 97.4 Å². The molecule has 1 heterocycles. The first-order valence-electron chi connectivity index (χ1n) is 14.4. The van der Waals surface area contributed by atoms with Crippen LogP contribution in [-0.2, 0) is 6.54 Å². The monoisotopic (exact) mass is 556 g/mol. The molecule has 0 atom stereocenters. The van der Waals surface area contributed by atoms with Gasteiger partial charge in [0, 0.05) is 28.9 Å². The van der Waals surface area contributed by atoms with Crippen molar-refractivity contribution in [1.82, 2.24) is 4.90 Å². The van der Waals surface area contributed by atoms with Gasteiger partial charge in [-0.2, -0.15) is 0 Å². The van der Waals surface area contributed by atoms with Crippen molar-refractivity contribution in [2.24, 2.45) is 0 Å². The van der Waals surface area contributed by atoms with Crippen molar-refractivity contribution in [3.63, 3.8) is 0 Å². The fraction of sp³-hybridized carbons (Fsp3) is 0.531. The number of thioether (sulfide) groups is 1. The summed E-state index contributed by atoms with van der Waals surface area (Å²) in [6, 6.07) is 13.2. The van der Waals surface area contributed by atoms with E-state index in [1.165, 1.54) is 69.9 Å². The molecule has 0 fully saturated rings. The molecule has 0 saturated carbocycles. The quantitative estimate of drug-likeness (QED) is 0.185. The number of carbonyl (C=O) groups is 1. The van der Waals surface area contributed by atoms with Gasteiger partial charge in [0.1, 0.15) is 5.75 Å². The molecular weight excluding hydrogens is 512 g/mol. The van der Waals surface area contributed by atoms with Crippen molar-refractivity contribution in [3.8, 4) is 5.75 Å². The zero-order valence-corrected chi connectivity index (χ0v) is 24.8. The first kappa shape index (κ1) is 30.4. The predicted molar refractivity (Wildman–Crippen MR) is 164 cm³/mol. The molecule has 1 aliphatic heterocycles. The van der Waals surface area contributed by atoms with Crippen LogP contribution in [0, 0.1) is 0 Å². The lowest BCUT2D eigenvalue weighted by molar-refractivity contribution is 0.102. The lowest BCUT2D eigenvalue weighted by Crippen LogP contribution is -2.18. The van der Waals surface area contributed by atoms with Crippen molar-refractivity contribution < 1.29 is 9.53 Å². The van der Waals surface area contributed by atoms with Gasteiger partial charge < -0.3 is 15.0 Å². The predicted octanol–water partition coefficient (Wildman–Crippen LogP) is 10.0. The number of rotatable bonds is 18. The van der Waals surface area contributed by atoms with Crippen LogP contribution in [0.4, 0.5) is 5.69 Å². The van der Waals surface area contributed by atoms with E-state index in [1.54, 1.807) is 23.9 Å². The van der Waals surface area contributed by atoms with E-state index in [1.807, 2.05) is 24.3 Å². The Balaban J connectivity index is 1.39. The number of hydrogen-bond donors (Lipinski definition) is 1. The number of amides is 1. The van der Waals surface area contributed by atoms with Gasteiger partial charge in [-0.1, -0.05) is 101 Å². The minimum absolute atomic E-state index is 0.146. The van der Waals surface area contributed by atoms with Crippen LogP contribution in [0.2, 0.25) is 5.02 Å². The highest BCUT2D eigenvalue weighted by molar-refractivity contribution is 8.02. The Morgan fingerprint density at radius 2 is 1.63 bits per heavy atom. The minimum atomic E-state index is -0.146. The number of allylic oxidation sites excluding steroid dienone is 1. The van der Waals surface area contributed by atoms with Crippen LogP contribution in [0.15, 0.2) is 53.6 Å². The van der Waals surface area contributed by atoms with Crippen LogP contribution in [0.3, 0.4) is 0 Å². The molecule has 1 amide bonds. The number of unbranched alkanes of at least 4 members (excludes halogenated alkanes) is 11. The maximum absolute atomic E-state index is 13.1. The number of carbonyl (C=O) groups excluding carboxylic acids is 1. The van der Waals surface area contributed by atoms with E-state index in [4.69, 9.17) is 16.3 Å². The summed E-state index contributed by atoms with van der Waals surface area (Å²) in [5.41, 5.74) is 3.67. The number of hydrogen-bond acceptors (Lipinski definition) is 4. The first-order chi connectivity index (χ1) is 18.6. The molecule has 0 unspecified atom stereocenters. The van der Waals surface area contributed by atoms with Crippen LogP contribution < -0.4 is 10.1 Å². The molecule has 6 heteroatoms. The van der Waals surface area contributed by atoms with Crippen LogP contribution in [0.25, 0.3) is 0 Å². The van der Waals surface area contributed by atoms with Gasteiger partial charge in [-0.25, -0.2) is 0 Å². The van der Waals surface area contributed by atoms with Gasteiger partial charge in [0.2, 0.25) is 0 Å². The molecule has 0 spiro atoms. The highest BCUT2D eigenvalue weighted by atomic mass is 35.5. The molecule has 1 N–H and O–H groups in total. The van der Waals surface area contributed by atoms with Crippen LogP contribution in [-0.4, -0.2) is 23.3 Å². The molecule has 208 valence electrons. The Morgan fingerprint density at radius 1 is 0.947 bits per heavy atom. The van der Waals surface area contributed by atoms with Crippen molar-refractivity contribution in [3.05, 3.63) is 69.7 Å². The van der Waals surface area contributed by atoms with Gasteiger partial charge in [0.25, 0.3) is 5.91 Å². The fourth-order valence-electron chi connectivity index (χ4n) is 4.66. The molecule has 0 saturated heterocycles. The van der Waals surface area contributed by atoms with E-state index in [0.29, 0.717) is 28.6 Å². The number of halogens is 1. The number of benzene rings is 2. The summed E-state index contributed by atoms with van der Waals surface area (Å²) in [7, 11) is 0. The Bertz CT molecular complexity index is 1030. The average molecular weight is 557 g/mol. The van der Waals surface area contributed by atoms with Gasteiger partial charge in [-0.3, -0.25) is 4.79 Å². The molecule has 3 rings (SSSR count). The minimum Gasteiger partial charge on any atom is -0.491 e. The summed E-state index contributed by atoms with van der Waals surface area (Å²) >= 11 is 8.04. The lowest BCUT2D eigenvalue weighted by Gasteiger charge is -2.19. The molecule has 0 aromatic heterocycles. The summed E-state index contributed by atoms with van der Waals surface area (Å²) < 4.78 is 6.06. The molecule has 0 aliphatic carbocycles. The topological polar surface area (TPSA) is 41.6 Å². The number of anilines is 1. The highest BCUT2D eigenvalue weighted by Gasteiger charge is 2.15. The summed E-state index contributed by atoms with van der Waals surface area (Å²) in [5, 5.41) is 5.80. The van der Waals surface area contributed by atoms with Gasteiger partial charge >= 0.3 is 0 Å². The number of nitrogens with zero attached hydrogens (tertiary/aromatic N) is 1. The van der Waals surface area contributed by atoms with E-state index in [-0.39, 0.29) is 5.91 Å². The number of nitrogens with one attached hydrogen (secondary N) is 1. The third kappa shape index (κ3) is 10.9. The van der Waals surface area contributed by atoms with Gasteiger partial charge in [0.15, 0.2) is 0 Å². The molecule has 2 aromatic rings. The van der Waals surface area contributed by atoms with E-state index in [9.17, 15) is 4.79 Å². The fourth-order valence-corrected chi connectivity index (χ4v) is 5.77. The molecule has 38 heavy (non-hydrogen) atoms.